The molecule has 2 aromatic heterocycles. The molecule has 0 spiro atoms. The predicted molar refractivity (Wildman–Crippen MR) is 213 cm³/mol. The van der Waals surface area contributed by atoms with E-state index in [0.717, 1.165) is 22.6 Å². The number of nitrogens with zero attached hydrogens (tertiary/aromatic N) is 4. The van der Waals surface area contributed by atoms with Gasteiger partial charge in [0, 0.05) is 10.9 Å². The van der Waals surface area contributed by atoms with Crippen LogP contribution in [0, 0.1) is 34.5 Å². The number of ether oxygens (including phenoxy) is 3. The number of thiazole rings is 1. The van der Waals surface area contributed by atoms with Crippen molar-refractivity contribution >= 4 is 66.9 Å². The number of methoxy groups -OCH3 is 1. The molecule has 3 amide bonds. The summed E-state index contributed by atoms with van der Waals surface area (Å²) in [5.74, 6) is -2.54. The number of aromatic nitrogens is 2. The van der Waals surface area contributed by atoms with Crippen molar-refractivity contribution in [1.29, 1.82) is 0 Å². The average molecular weight is 891 g/mol. The minimum absolute atomic E-state index is 0.00739. The molecule has 55 heavy (non-hydrogen) atoms. The van der Waals surface area contributed by atoms with Crippen molar-refractivity contribution in [3.05, 3.63) is 47.0 Å². The Morgan fingerprint density at radius 1 is 1.11 bits per heavy atom. The Kier molecular flexibility index (Phi) is 12.4. The molecule has 2 saturated carbocycles. The Morgan fingerprint density at radius 3 is 2.53 bits per heavy atom. The molecule has 294 valence electrons. The number of esters is 1. The standard InChI is InChI=1S/C40H45F2IN4O7S/c1-7-53-39(51)40-21-25(40)12-10-8-9-11-17-46(5)37(49)28-18-26(19-29(28)38(50)47(40)34(48)15-16-43(41)42)54-33-20-30(36-45-31(22-55-36)23(2)3)44-35-24(4)32(52-6)14-13-27(33)35/h10,12-14,20,22-23,25-26,28-29H,7-9,11,17-19,21H2,1-6H3/b12-10-/t25-,26+,28-,29-,40-/m1/s1. The van der Waals surface area contributed by atoms with E-state index in [1.807, 2.05) is 42.5 Å². The van der Waals surface area contributed by atoms with Crippen LogP contribution in [0.5, 0.6) is 11.5 Å². The SMILES string of the molecule is CCOC(=O)[C@@]12C[C@H]1/C=C\CCCCN(C)C(=O)[C@@H]1C[C@H](Oc3cc(-c4nc(C(C)C)cs4)nc4c(C)c(OC)ccc34)C[C@H]1C(=O)N2C(=O)C#CI(F)F. The van der Waals surface area contributed by atoms with Crippen LogP contribution in [0.1, 0.15) is 76.5 Å². The molecule has 11 nitrogen and oxygen atoms in total. The molecule has 3 heterocycles. The fourth-order valence-electron chi connectivity index (χ4n) is 7.67. The van der Waals surface area contributed by atoms with E-state index in [1.54, 1.807) is 36.0 Å². The van der Waals surface area contributed by atoms with Crippen LogP contribution in [-0.2, 0) is 23.9 Å². The number of carbonyl (C=O) groups is 4. The van der Waals surface area contributed by atoms with Gasteiger partial charge in [-0.05, 0) is 18.9 Å². The fraction of sp³-hybridized carbons (Fsp3) is 0.500. The van der Waals surface area contributed by atoms with Crippen LogP contribution < -0.4 is 9.47 Å². The number of allylic oxidation sites excluding steroid dienone is 1. The Morgan fingerprint density at radius 2 is 1.85 bits per heavy atom. The van der Waals surface area contributed by atoms with Gasteiger partial charge >= 0.3 is 240 Å². The number of pyridine rings is 1. The van der Waals surface area contributed by atoms with Crippen LogP contribution in [0.15, 0.2) is 35.7 Å². The van der Waals surface area contributed by atoms with Crippen molar-refractivity contribution in [2.75, 3.05) is 27.3 Å². The van der Waals surface area contributed by atoms with Gasteiger partial charge in [0.15, 0.2) is 0 Å². The third-order valence-electron chi connectivity index (χ3n) is 10.7. The van der Waals surface area contributed by atoms with Gasteiger partial charge in [0.05, 0.1) is 12.8 Å². The molecular formula is C40H45F2IN4O7S. The van der Waals surface area contributed by atoms with E-state index in [9.17, 15) is 24.9 Å². The first-order chi connectivity index (χ1) is 26.3. The number of imide groups is 1. The van der Waals surface area contributed by atoms with E-state index in [1.165, 1.54) is 11.3 Å². The molecule has 0 unspecified atom stereocenters. The van der Waals surface area contributed by atoms with Crippen molar-refractivity contribution in [2.24, 2.45) is 17.8 Å². The zero-order valence-corrected chi connectivity index (χ0v) is 34.7. The van der Waals surface area contributed by atoms with E-state index < -0.39 is 68.1 Å². The Balaban J connectivity index is 1.43. The van der Waals surface area contributed by atoms with E-state index in [4.69, 9.17) is 24.2 Å². The number of hydrogen-bond donors (Lipinski definition) is 0. The van der Waals surface area contributed by atoms with E-state index in [2.05, 4.69) is 13.8 Å². The third-order valence-corrected chi connectivity index (χ3v) is 12.2. The van der Waals surface area contributed by atoms with Gasteiger partial charge in [-0.15, -0.1) is 11.3 Å². The zero-order chi connectivity index (χ0) is 39.6. The van der Waals surface area contributed by atoms with Gasteiger partial charge in [0.2, 0.25) is 0 Å². The maximum absolute atomic E-state index is 14.9. The van der Waals surface area contributed by atoms with Gasteiger partial charge in [-0.25, -0.2) is 9.97 Å². The van der Waals surface area contributed by atoms with Crippen LogP contribution in [0.4, 0.5) is 5.72 Å². The van der Waals surface area contributed by atoms with E-state index in [0.29, 0.717) is 52.5 Å². The summed E-state index contributed by atoms with van der Waals surface area (Å²) in [5, 5.41) is 3.38. The molecular weight excluding hydrogens is 845 g/mol. The molecule has 0 bridgehead atoms. The zero-order valence-electron chi connectivity index (χ0n) is 31.7. The van der Waals surface area contributed by atoms with Crippen LogP contribution in [0.3, 0.4) is 0 Å². The molecule has 0 radical (unpaired) electrons. The quantitative estimate of drug-likeness (QED) is 0.102. The van der Waals surface area contributed by atoms with Crippen molar-refractivity contribution in [3.8, 4) is 32.0 Å². The van der Waals surface area contributed by atoms with Crippen LogP contribution in [0.25, 0.3) is 21.6 Å². The number of aryl methyl sites for hydroxylation is 1. The van der Waals surface area contributed by atoms with Crippen LogP contribution in [-0.4, -0.2) is 82.4 Å². The molecule has 15 heteroatoms. The van der Waals surface area contributed by atoms with Crippen molar-refractivity contribution in [1.82, 2.24) is 19.8 Å². The van der Waals surface area contributed by atoms with Gasteiger partial charge in [0.1, 0.15) is 10.8 Å². The van der Waals surface area contributed by atoms with Crippen LogP contribution >= 0.6 is 32.3 Å². The summed E-state index contributed by atoms with van der Waals surface area (Å²) < 4.78 is 46.4. The monoisotopic (exact) mass is 890 g/mol. The number of hydrogen-bond acceptors (Lipinski definition) is 10. The van der Waals surface area contributed by atoms with Gasteiger partial charge in [0.25, 0.3) is 0 Å². The van der Waals surface area contributed by atoms with Crippen molar-refractivity contribution < 1.29 is 39.1 Å². The summed E-state index contributed by atoms with van der Waals surface area (Å²) in [7, 11) is 3.26. The number of rotatable bonds is 7. The summed E-state index contributed by atoms with van der Waals surface area (Å²) in [6, 6.07) is 5.48. The molecule has 3 aromatic rings. The fourth-order valence-corrected chi connectivity index (χ4v) is 9.05. The van der Waals surface area contributed by atoms with Gasteiger partial charge in [-0.1, -0.05) is 13.8 Å². The molecule has 0 saturated heterocycles. The molecule has 1 aliphatic heterocycles. The molecule has 6 rings (SSSR count). The van der Waals surface area contributed by atoms with Gasteiger partial charge < -0.3 is 4.74 Å². The Bertz CT molecular complexity index is 2080. The molecule has 5 atom stereocenters. The molecule has 1 aromatic carbocycles. The Labute approximate surface area is 332 Å². The second-order valence-electron chi connectivity index (χ2n) is 14.5. The maximum atomic E-state index is 14.9. The number of carbonyl (C=O) groups excluding carboxylic acids is 4. The summed E-state index contributed by atoms with van der Waals surface area (Å²) in [6.07, 6.45) is 5.29. The minimum atomic E-state index is -4.71. The Hall–Kier alpha value is -4.17. The first-order valence-electron chi connectivity index (χ1n) is 18.4. The normalized spacial score (nSPS) is 25.0. The molecule has 3 aliphatic rings. The topological polar surface area (TPSA) is 128 Å². The van der Waals surface area contributed by atoms with Crippen molar-refractivity contribution in [3.63, 3.8) is 0 Å². The summed E-state index contributed by atoms with van der Waals surface area (Å²) >= 11 is -3.24. The molecule has 2 fully saturated rings. The average Bonchev–Trinajstić information content (AvgIpc) is 3.45. The predicted octanol–water partition coefficient (Wildman–Crippen LogP) is 7.68. The first-order valence-corrected chi connectivity index (χ1v) is 22.0. The second-order valence-corrected chi connectivity index (χ2v) is 17.0. The second kappa shape index (κ2) is 16.9. The number of fused-ring (bicyclic) bond motifs is 3. The molecule has 0 N–H and O–H groups in total. The molecule has 2 aliphatic carbocycles. The summed E-state index contributed by atoms with van der Waals surface area (Å²) in [6.45, 7) is 8.06. The summed E-state index contributed by atoms with van der Waals surface area (Å²) in [4.78, 5) is 68.7. The van der Waals surface area contributed by atoms with Crippen LogP contribution in [0.2, 0.25) is 0 Å². The van der Waals surface area contributed by atoms with Gasteiger partial charge in [-0.2, -0.15) is 0 Å². The number of amides is 3. The first kappa shape index (κ1) is 40.5. The number of benzene rings is 1. The van der Waals surface area contributed by atoms with E-state index >= 15 is 0 Å². The number of halogens is 3. The third kappa shape index (κ3) is 8.21. The van der Waals surface area contributed by atoms with Crippen molar-refractivity contribution in [2.45, 2.75) is 83.8 Å². The summed E-state index contributed by atoms with van der Waals surface area (Å²) in [5.41, 5.74) is 1.18. The van der Waals surface area contributed by atoms with E-state index in [-0.39, 0.29) is 37.7 Å². The van der Waals surface area contributed by atoms with Gasteiger partial charge in [-0.3, -0.25) is 0 Å².